The van der Waals surface area contributed by atoms with Crippen LogP contribution < -0.4 is 15.3 Å². The molecule has 2 aromatic heterocycles. The lowest BCUT2D eigenvalue weighted by atomic mass is 9.93. The van der Waals surface area contributed by atoms with Gasteiger partial charge in [-0.3, -0.25) is 0 Å². The molecular weight excluding hydrogens is 639 g/mol. The molecule has 9 aromatic rings. The van der Waals surface area contributed by atoms with Crippen LogP contribution in [0, 0.1) is 0 Å². The van der Waals surface area contributed by atoms with E-state index in [0.29, 0.717) is 0 Å². The molecule has 0 amide bonds. The van der Waals surface area contributed by atoms with Gasteiger partial charge in [0.15, 0.2) is 0 Å². The second kappa shape index (κ2) is 10.9. The van der Waals surface area contributed by atoms with Crippen LogP contribution in [0.2, 0.25) is 6.55 Å². The Morgan fingerprint density at radius 2 is 1.27 bits per heavy atom. The van der Waals surface area contributed by atoms with Crippen molar-refractivity contribution in [3.05, 3.63) is 157 Å². The average molecular weight is 672 g/mol. The summed E-state index contributed by atoms with van der Waals surface area (Å²) in [6.07, 6.45) is 6.71. The zero-order valence-corrected chi connectivity index (χ0v) is 29.3. The summed E-state index contributed by atoms with van der Waals surface area (Å²) in [5, 5.41) is 7.54. The molecule has 4 heteroatoms. The molecule has 1 atom stereocenters. The number of para-hydroxylation sites is 2. The maximum atomic E-state index is 6.57. The van der Waals surface area contributed by atoms with Crippen molar-refractivity contribution in [3.8, 4) is 22.3 Å². The lowest BCUT2D eigenvalue weighted by Gasteiger charge is -2.27. The van der Waals surface area contributed by atoms with E-state index in [9.17, 15) is 0 Å². The van der Waals surface area contributed by atoms with Crippen LogP contribution in [0.3, 0.4) is 0 Å². The number of allylic oxidation sites excluding steroid dienone is 1. The summed E-state index contributed by atoms with van der Waals surface area (Å²) in [4.78, 5) is 2.40. The smallest absolute Gasteiger partial charge is 0.143 e. The molecule has 0 bridgehead atoms. The first kappa shape index (κ1) is 28.7. The van der Waals surface area contributed by atoms with Gasteiger partial charge in [-0.05, 0) is 99.6 Å². The van der Waals surface area contributed by atoms with Gasteiger partial charge in [0.1, 0.15) is 31.1 Å². The van der Waals surface area contributed by atoms with Gasteiger partial charge in [0.05, 0.1) is 0 Å². The largest absolute Gasteiger partial charge is 0.456 e. The molecule has 0 saturated heterocycles. The Morgan fingerprint density at radius 1 is 0.549 bits per heavy atom. The molecule has 7 aromatic carbocycles. The number of fused-ring (bicyclic) bond motifs is 11. The Kier molecular flexibility index (Phi) is 6.16. The molecule has 1 aliphatic carbocycles. The third-order valence-corrected chi connectivity index (χ3v) is 14.0. The fraction of sp³-hybridized carbons (Fsp3) is 0.0638. The fourth-order valence-electron chi connectivity index (χ4n) is 8.62. The number of aryl methyl sites for hydroxylation is 1. The van der Waals surface area contributed by atoms with E-state index < -0.39 is 8.80 Å². The van der Waals surface area contributed by atoms with Crippen LogP contribution in [0.1, 0.15) is 17.5 Å². The second-order valence-electron chi connectivity index (χ2n) is 14.0. The van der Waals surface area contributed by atoms with Gasteiger partial charge in [-0.2, -0.15) is 0 Å². The van der Waals surface area contributed by atoms with Gasteiger partial charge in [0.2, 0.25) is 0 Å². The number of benzene rings is 7. The Labute approximate surface area is 297 Å². The molecule has 0 radical (unpaired) electrons. The topological polar surface area (TPSA) is 29.5 Å². The predicted molar refractivity (Wildman–Crippen MR) is 216 cm³/mol. The zero-order valence-electron chi connectivity index (χ0n) is 28.2. The number of hydrogen-bond donors (Lipinski definition) is 0. The van der Waals surface area contributed by atoms with Crippen molar-refractivity contribution in [3.63, 3.8) is 0 Å². The van der Waals surface area contributed by atoms with Crippen LogP contribution >= 0.6 is 0 Å². The van der Waals surface area contributed by atoms with Crippen molar-refractivity contribution in [2.24, 2.45) is 0 Å². The van der Waals surface area contributed by atoms with E-state index in [-0.39, 0.29) is 0 Å². The molecule has 3 nitrogen and oxygen atoms in total. The lowest BCUT2D eigenvalue weighted by molar-refractivity contribution is 0.669. The van der Waals surface area contributed by atoms with Gasteiger partial charge in [0, 0.05) is 50.2 Å². The summed E-state index contributed by atoms with van der Waals surface area (Å²) < 4.78 is 13.0. The van der Waals surface area contributed by atoms with Gasteiger partial charge in [0.25, 0.3) is 0 Å². The van der Waals surface area contributed by atoms with E-state index in [2.05, 4.69) is 151 Å². The molecule has 3 heterocycles. The molecule has 0 saturated carbocycles. The molecule has 242 valence electrons. The first-order valence-corrected chi connectivity index (χ1v) is 20.2. The van der Waals surface area contributed by atoms with E-state index in [4.69, 9.17) is 8.83 Å². The second-order valence-corrected chi connectivity index (χ2v) is 16.7. The number of furan rings is 2. The van der Waals surface area contributed by atoms with Gasteiger partial charge >= 0.3 is 0 Å². The van der Waals surface area contributed by atoms with E-state index in [1.165, 1.54) is 54.5 Å². The average Bonchev–Trinajstić information content (AvgIpc) is 3.84. The minimum absolute atomic E-state index is 0.890. The zero-order chi connectivity index (χ0) is 33.6. The van der Waals surface area contributed by atoms with Gasteiger partial charge in [-0.15, -0.1) is 0 Å². The van der Waals surface area contributed by atoms with Crippen LogP contribution in [-0.4, -0.2) is 8.80 Å². The van der Waals surface area contributed by atoms with Crippen LogP contribution in [0.5, 0.6) is 0 Å². The van der Waals surface area contributed by atoms with Crippen molar-refractivity contribution in [2.45, 2.75) is 19.4 Å². The normalized spacial score (nSPS) is 14.7. The van der Waals surface area contributed by atoms with Crippen molar-refractivity contribution in [1.29, 1.82) is 0 Å². The molecule has 0 N–H and O–H groups in total. The summed E-state index contributed by atoms with van der Waals surface area (Å²) in [6, 6.07) is 50.9. The molecule has 1 aliphatic heterocycles. The van der Waals surface area contributed by atoms with Gasteiger partial charge < -0.3 is 13.7 Å². The van der Waals surface area contributed by atoms with Crippen molar-refractivity contribution >= 4 is 86.2 Å². The monoisotopic (exact) mass is 671 g/mol. The molecule has 0 fully saturated rings. The first-order chi connectivity index (χ1) is 25.2. The molecule has 0 spiro atoms. The van der Waals surface area contributed by atoms with Crippen LogP contribution in [0.4, 0.5) is 17.1 Å². The SMILES string of the molecule is C[SiH]1c2cc(N(c3cccc(-c4ccc5c(c4)CCC=C5)c3)c3ccc4c(c3)oc3ccccc34)ccc2-c2c1ccc1c2oc2ccccc21. The standard InChI is InChI=1S/C47H33NO2Si/c1-51-44-24-23-39-37-14-5-7-16-42(37)50-47(39)46(44)40-22-20-35(28-45(40)51)48(34-19-21-38-36-13-4-6-15-41(36)49-43(38)27-34)33-12-8-11-31(26-33)32-18-17-29-9-2-3-10-30(29)25-32/h2,4-9,11-28,51H,3,10H2,1H3. The fourth-order valence-corrected chi connectivity index (χ4v) is 11.2. The molecule has 2 aliphatic rings. The third-order valence-electron chi connectivity index (χ3n) is 11.2. The highest BCUT2D eigenvalue weighted by Gasteiger charge is 2.31. The number of anilines is 3. The minimum atomic E-state index is -1.50. The number of rotatable bonds is 4. The summed E-state index contributed by atoms with van der Waals surface area (Å²) >= 11 is 0. The molecular formula is C47H33NO2Si. The van der Waals surface area contributed by atoms with Crippen molar-refractivity contribution < 1.29 is 8.83 Å². The summed E-state index contributed by atoms with van der Waals surface area (Å²) in [5.74, 6) is 0. The van der Waals surface area contributed by atoms with Crippen LogP contribution in [0.15, 0.2) is 154 Å². The van der Waals surface area contributed by atoms with E-state index in [1.54, 1.807) is 0 Å². The maximum absolute atomic E-state index is 6.57. The Bertz CT molecular complexity index is 2910. The van der Waals surface area contributed by atoms with Gasteiger partial charge in [-0.1, -0.05) is 104 Å². The Balaban J connectivity index is 1.09. The predicted octanol–water partition coefficient (Wildman–Crippen LogP) is 11.5. The van der Waals surface area contributed by atoms with E-state index >= 15 is 0 Å². The Morgan fingerprint density at radius 3 is 2.18 bits per heavy atom. The van der Waals surface area contributed by atoms with E-state index in [1.807, 2.05) is 12.1 Å². The van der Waals surface area contributed by atoms with Crippen molar-refractivity contribution in [1.82, 2.24) is 0 Å². The summed E-state index contributed by atoms with van der Waals surface area (Å²) in [6.45, 7) is 2.46. The third kappa shape index (κ3) is 4.36. The van der Waals surface area contributed by atoms with E-state index in [0.717, 1.165) is 63.0 Å². The molecule has 1 unspecified atom stereocenters. The lowest BCUT2D eigenvalue weighted by Crippen LogP contribution is -2.34. The summed E-state index contributed by atoms with van der Waals surface area (Å²) in [5.41, 5.74) is 14.9. The highest BCUT2D eigenvalue weighted by molar-refractivity contribution is 6.89. The van der Waals surface area contributed by atoms with Gasteiger partial charge in [-0.25, -0.2) is 0 Å². The maximum Gasteiger partial charge on any atom is 0.143 e. The summed E-state index contributed by atoms with van der Waals surface area (Å²) in [7, 11) is -1.50. The quantitative estimate of drug-likeness (QED) is 0.174. The molecule has 11 rings (SSSR count). The molecule has 51 heavy (non-hydrogen) atoms. The minimum Gasteiger partial charge on any atom is -0.456 e. The number of hydrogen-bond acceptors (Lipinski definition) is 3. The highest BCUT2D eigenvalue weighted by atomic mass is 28.3. The Hall–Kier alpha value is -6.10. The number of nitrogens with zero attached hydrogens (tertiary/aromatic N) is 1. The highest BCUT2D eigenvalue weighted by Crippen LogP contribution is 2.42. The van der Waals surface area contributed by atoms with Crippen LogP contribution in [-0.2, 0) is 6.42 Å². The first-order valence-electron chi connectivity index (χ1n) is 17.9. The van der Waals surface area contributed by atoms with Crippen molar-refractivity contribution in [2.75, 3.05) is 4.90 Å². The van der Waals surface area contributed by atoms with Crippen LogP contribution in [0.25, 0.3) is 72.2 Å².